The van der Waals surface area contributed by atoms with Gasteiger partial charge in [-0.2, -0.15) is 0 Å². The Morgan fingerprint density at radius 3 is 0.902 bits per heavy atom. The summed E-state index contributed by atoms with van der Waals surface area (Å²) in [5.74, 6) is -5.91. The van der Waals surface area contributed by atoms with Crippen molar-refractivity contribution in [1.82, 2.24) is 0 Å². The highest BCUT2D eigenvalue weighted by atomic mass is 19.2. The van der Waals surface area contributed by atoms with E-state index in [4.69, 9.17) is 9.47 Å². The maximum absolute atomic E-state index is 16.7. The van der Waals surface area contributed by atoms with E-state index in [0.29, 0.717) is 69.0 Å². The zero-order chi connectivity index (χ0) is 70.0. The zero-order valence-electron chi connectivity index (χ0n) is 54.2. The van der Waals surface area contributed by atoms with Crippen molar-refractivity contribution < 1.29 is 44.6 Å². The van der Waals surface area contributed by atoms with Crippen LogP contribution in [0.2, 0.25) is 0 Å². The van der Waals surface area contributed by atoms with Crippen molar-refractivity contribution in [3.8, 4) is 56.4 Å². The molecule has 2 aliphatic rings. The topological polar surface area (TPSA) is 24.9 Å². The molecule has 0 aliphatic heterocycles. The van der Waals surface area contributed by atoms with Gasteiger partial charge < -0.3 is 19.3 Å². The van der Waals surface area contributed by atoms with Gasteiger partial charge in [0.15, 0.2) is 23.3 Å². The number of hydrogen-bond donors (Lipinski definition) is 0. The summed E-state index contributed by atoms with van der Waals surface area (Å²) in [5, 5.41) is 0. The van der Waals surface area contributed by atoms with Crippen LogP contribution in [0.5, 0.6) is 23.0 Å². The molecule has 4 nitrogen and oxygen atoms in total. The Bertz CT molecular complexity index is 5230. The van der Waals surface area contributed by atoms with Gasteiger partial charge in [-0.3, -0.25) is 0 Å². The molecule has 12 heteroatoms. The molecule has 0 spiro atoms. The van der Waals surface area contributed by atoms with Gasteiger partial charge in [0, 0.05) is 47.0 Å². The second-order valence-electron chi connectivity index (χ2n) is 25.1. The van der Waals surface area contributed by atoms with Gasteiger partial charge in [0.25, 0.3) is 0 Å². The van der Waals surface area contributed by atoms with Crippen LogP contribution in [0.3, 0.4) is 0 Å². The normalized spacial score (nSPS) is 14.6. The summed E-state index contributed by atoms with van der Waals surface area (Å²) >= 11 is 0. The third-order valence-electron chi connectivity index (χ3n) is 19.5. The predicted octanol–water partition coefficient (Wildman–Crippen LogP) is 25.0. The van der Waals surface area contributed by atoms with Crippen molar-refractivity contribution >= 4 is 46.3 Å². The average molecular weight is 1350 g/mol. The van der Waals surface area contributed by atoms with Crippen molar-refractivity contribution in [3.05, 3.63) is 419 Å². The van der Waals surface area contributed by atoms with Crippen molar-refractivity contribution in [1.29, 1.82) is 0 Å². The van der Waals surface area contributed by atoms with E-state index in [9.17, 15) is 0 Å². The third-order valence-corrected chi connectivity index (χ3v) is 19.5. The van der Waals surface area contributed by atoms with Gasteiger partial charge in [-0.1, -0.05) is 183 Å². The van der Waals surface area contributed by atoms with E-state index < -0.39 is 57.4 Å². The second kappa shape index (κ2) is 25.8. The monoisotopic (exact) mass is 1350 g/mol. The predicted molar refractivity (Wildman–Crippen MR) is 389 cm³/mol. The van der Waals surface area contributed by atoms with Gasteiger partial charge in [0.05, 0.1) is 22.2 Å². The van der Waals surface area contributed by atoms with Crippen molar-refractivity contribution in [2.75, 3.05) is 9.80 Å². The van der Waals surface area contributed by atoms with Crippen LogP contribution in [-0.2, 0) is 10.8 Å². The van der Waals surface area contributed by atoms with E-state index in [0.717, 1.165) is 90.0 Å². The first-order chi connectivity index (χ1) is 49.7. The molecule has 14 aromatic rings. The largest absolute Gasteiger partial charge is 0.457 e. The molecule has 0 aromatic heterocycles. The summed E-state index contributed by atoms with van der Waals surface area (Å²) in [6.07, 6.45) is 3.49. The molecule has 102 heavy (non-hydrogen) atoms. The fourth-order valence-corrected chi connectivity index (χ4v) is 14.8. The molecule has 2 aliphatic carbocycles. The SMILES string of the molecule is C=Cc1ccc(Oc2ccc(C3(c4ccc(F)cc4)c4ccccc4-c4ccc(N(c5ccc(-c6ccc(N(c7ccc8c(c7)C(c7ccc(F)cc7)(c7ccc(Oc9ccc(C=C)cc9)cc7)c7ccccc7-8)c7cc(F)c(F)cc7F)cc6)cc5)c5cc(F)c(F)cc5F)cc43)cc2)cc1. The number of nitrogens with zero attached hydrogens (tertiary/aromatic N) is 2. The Balaban J connectivity index is 0.787. The zero-order valence-corrected chi connectivity index (χ0v) is 54.2. The first kappa shape index (κ1) is 63.9. The van der Waals surface area contributed by atoms with Crippen LogP contribution < -0.4 is 19.3 Å². The minimum Gasteiger partial charge on any atom is -0.457 e. The molecule has 0 heterocycles. The van der Waals surface area contributed by atoms with Crippen LogP contribution in [0.25, 0.3) is 45.5 Å². The summed E-state index contributed by atoms with van der Waals surface area (Å²) < 4.78 is 138. The van der Waals surface area contributed by atoms with Crippen LogP contribution >= 0.6 is 0 Å². The summed E-state index contributed by atoms with van der Waals surface area (Å²) in [6.45, 7) is 7.69. The van der Waals surface area contributed by atoms with Crippen molar-refractivity contribution in [2.45, 2.75) is 10.8 Å². The quantitative estimate of drug-likeness (QED) is 0.0670. The Hall–Kier alpha value is -12.8. The summed E-state index contributed by atoms with van der Waals surface area (Å²) in [7, 11) is 0. The molecule has 0 saturated heterocycles. The highest BCUT2D eigenvalue weighted by Crippen LogP contribution is 2.60. The molecule has 0 radical (unpaired) electrons. The van der Waals surface area contributed by atoms with E-state index in [2.05, 4.69) is 13.2 Å². The van der Waals surface area contributed by atoms with Crippen LogP contribution in [0.4, 0.5) is 69.2 Å². The maximum Gasteiger partial charge on any atom is 0.161 e. The lowest BCUT2D eigenvalue weighted by Crippen LogP contribution is -2.29. The van der Waals surface area contributed by atoms with Crippen molar-refractivity contribution in [3.63, 3.8) is 0 Å². The molecule has 14 aromatic carbocycles. The van der Waals surface area contributed by atoms with Crippen LogP contribution in [0.15, 0.2) is 316 Å². The highest BCUT2D eigenvalue weighted by Gasteiger charge is 2.48. The van der Waals surface area contributed by atoms with E-state index in [1.54, 1.807) is 97.1 Å². The Morgan fingerprint density at radius 2 is 0.559 bits per heavy atom. The maximum atomic E-state index is 16.7. The van der Waals surface area contributed by atoms with E-state index >= 15 is 35.1 Å². The van der Waals surface area contributed by atoms with E-state index in [1.807, 2.05) is 170 Å². The van der Waals surface area contributed by atoms with Gasteiger partial charge in [-0.15, -0.1) is 0 Å². The van der Waals surface area contributed by atoms with Gasteiger partial charge in [-0.05, 0) is 210 Å². The molecule has 0 amide bonds. The molecule has 2 unspecified atom stereocenters. The Morgan fingerprint density at radius 1 is 0.265 bits per heavy atom. The standard InChI is InChI=1S/C90H56F8N2O2/c1-3-55-13-39-69(40-14-55)101-71-43-25-61(26-44-71)89(59-21-29-63(91)30-22-59)77-11-7-5-9-73(77)75-47-37-67(49-79(75)89)99(87-53-83(95)81(93)51-85(87)97)65-33-17-57(18-34-65)58-19-35-66(36-20-58)100(88-54-84(96)82(94)52-86(88)98)68-38-48-76-74-10-6-8-12-78(74)90(80(76)50-68,60-23-31-64(92)32-24-60)62-27-45-72(46-28-62)102-70-41-15-56(4-2)16-42-70/h3-54H,1-2H2. The summed E-state index contributed by atoms with van der Waals surface area (Å²) in [4.78, 5) is 3.03. The molecule has 0 saturated carbocycles. The first-order valence-corrected chi connectivity index (χ1v) is 32.8. The number of rotatable bonds is 17. The Labute approximate surface area is 583 Å². The van der Waals surface area contributed by atoms with E-state index in [-0.39, 0.29) is 11.4 Å². The number of halogens is 8. The molecule has 0 bridgehead atoms. The average Bonchev–Trinajstić information content (AvgIpc) is 1.53. The number of fused-ring (bicyclic) bond motifs is 6. The lowest BCUT2D eigenvalue weighted by atomic mass is 9.67. The van der Waals surface area contributed by atoms with Crippen LogP contribution in [0.1, 0.15) is 55.6 Å². The third kappa shape index (κ3) is 11.0. The molecular formula is C90H56F8N2O2. The van der Waals surface area contributed by atoms with Crippen LogP contribution in [-0.4, -0.2) is 0 Å². The fraction of sp³-hybridized carbons (Fsp3) is 0.0222. The fourth-order valence-electron chi connectivity index (χ4n) is 14.8. The van der Waals surface area contributed by atoms with Gasteiger partial charge in [-0.25, -0.2) is 35.1 Å². The minimum absolute atomic E-state index is 0.291. The minimum atomic E-state index is -1.37. The Kier molecular flexibility index (Phi) is 16.2. The highest BCUT2D eigenvalue weighted by molar-refractivity contribution is 5.92. The molecular weight excluding hydrogens is 1290 g/mol. The van der Waals surface area contributed by atoms with E-state index in [1.165, 1.54) is 34.1 Å². The van der Waals surface area contributed by atoms with Crippen molar-refractivity contribution in [2.24, 2.45) is 0 Å². The lowest BCUT2D eigenvalue weighted by Gasteiger charge is -2.35. The first-order valence-electron chi connectivity index (χ1n) is 32.8. The molecule has 494 valence electrons. The number of hydrogen-bond acceptors (Lipinski definition) is 4. The molecule has 0 N–H and O–H groups in total. The summed E-state index contributed by atoms with van der Waals surface area (Å²) in [6, 6.07) is 86.7. The molecule has 0 fully saturated rings. The molecule has 2 atom stereocenters. The second-order valence-corrected chi connectivity index (χ2v) is 25.1. The number of anilines is 6. The number of benzene rings is 14. The van der Waals surface area contributed by atoms with Gasteiger partial charge in [0.1, 0.15) is 46.3 Å². The smallest absolute Gasteiger partial charge is 0.161 e. The van der Waals surface area contributed by atoms with Gasteiger partial charge >= 0.3 is 0 Å². The molecule has 16 rings (SSSR count). The lowest BCUT2D eigenvalue weighted by molar-refractivity contribution is 0.482. The van der Waals surface area contributed by atoms with Gasteiger partial charge in [0.2, 0.25) is 0 Å². The van der Waals surface area contributed by atoms with Crippen LogP contribution in [0, 0.1) is 46.5 Å². The number of ether oxygens (including phenoxy) is 2. The summed E-state index contributed by atoms with van der Waals surface area (Å²) in [5.41, 5.74) is 11.6.